The normalized spacial score (nSPS) is 16.3. The number of carbonyl (C=O) groups excluding carboxylic acids is 1. The lowest BCUT2D eigenvalue weighted by atomic mass is 9.96. The summed E-state index contributed by atoms with van der Waals surface area (Å²) < 4.78 is 0. The van der Waals surface area contributed by atoms with E-state index in [0.29, 0.717) is 0 Å². The lowest BCUT2D eigenvalue weighted by Gasteiger charge is -2.40. The lowest BCUT2D eigenvalue weighted by molar-refractivity contribution is -0.135. The molecule has 1 amide bonds. The fourth-order valence-corrected chi connectivity index (χ4v) is 3.58. The first-order chi connectivity index (χ1) is 12.6. The van der Waals surface area contributed by atoms with Gasteiger partial charge in [0.25, 0.3) is 0 Å². The Hall–Kier alpha value is -1.88. The van der Waals surface area contributed by atoms with Crippen molar-refractivity contribution in [2.75, 3.05) is 26.2 Å². The van der Waals surface area contributed by atoms with Crippen molar-refractivity contribution >= 4 is 18.3 Å². The number of hydrogen-bond donors (Lipinski definition) is 1. The smallest absolute Gasteiger partial charge is 0.239 e. The summed E-state index contributed by atoms with van der Waals surface area (Å²) in [6.45, 7) is 7.17. The second kappa shape index (κ2) is 9.88. The van der Waals surface area contributed by atoms with Crippen molar-refractivity contribution in [3.63, 3.8) is 0 Å². The first-order valence-electron chi connectivity index (χ1n) is 9.46. The molecule has 1 aliphatic heterocycles. The molecule has 0 saturated carbocycles. The lowest BCUT2D eigenvalue weighted by Crippen LogP contribution is -2.54. The third-order valence-corrected chi connectivity index (χ3v) is 5.23. The molecule has 2 aromatic carbocycles. The SMILES string of the molecule is CC(C)[C@H](N)C(=O)N1CCN(C(c2ccccc2)c2ccccc2)CC1.Cl. The highest BCUT2D eigenvalue weighted by atomic mass is 35.5. The zero-order valence-corrected chi connectivity index (χ0v) is 16.9. The van der Waals surface area contributed by atoms with E-state index in [1.165, 1.54) is 11.1 Å². The molecule has 4 nitrogen and oxygen atoms in total. The van der Waals surface area contributed by atoms with Gasteiger partial charge in [-0.2, -0.15) is 0 Å². The van der Waals surface area contributed by atoms with E-state index in [-0.39, 0.29) is 30.3 Å². The van der Waals surface area contributed by atoms with E-state index in [1.807, 2.05) is 18.7 Å². The van der Waals surface area contributed by atoms with Gasteiger partial charge in [0.1, 0.15) is 0 Å². The molecule has 1 saturated heterocycles. The fraction of sp³-hybridized carbons (Fsp3) is 0.409. The number of carbonyl (C=O) groups is 1. The molecule has 0 bridgehead atoms. The number of amides is 1. The molecule has 0 aliphatic carbocycles. The van der Waals surface area contributed by atoms with Crippen molar-refractivity contribution in [3.05, 3.63) is 71.8 Å². The van der Waals surface area contributed by atoms with Crippen LogP contribution in [0.2, 0.25) is 0 Å². The van der Waals surface area contributed by atoms with Gasteiger partial charge in [0.15, 0.2) is 0 Å². The van der Waals surface area contributed by atoms with Crippen molar-refractivity contribution in [2.45, 2.75) is 25.9 Å². The Morgan fingerprint density at radius 3 is 1.70 bits per heavy atom. The van der Waals surface area contributed by atoms with E-state index < -0.39 is 6.04 Å². The van der Waals surface area contributed by atoms with Crippen LogP contribution in [0.3, 0.4) is 0 Å². The number of nitrogens with two attached hydrogens (primary N) is 1. The van der Waals surface area contributed by atoms with Gasteiger partial charge in [0, 0.05) is 26.2 Å². The second-order valence-corrected chi connectivity index (χ2v) is 7.35. The minimum Gasteiger partial charge on any atom is -0.339 e. The van der Waals surface area contributed by atoms with Crippen molar-refractivity contribution < 1.29 is 4.79 Å². The van der Waals surface area contributed by atoms with E-state index >= 15 is 0 Å². The van der Waals surface area contributed by atoms with Gasteiger partial charge in [-0.3, -0.25) is 9.69 Å². The molecule has 27 heavy (non-hydrogen) atoms. The predicted molar refractivity (Wildman–Crippen MR) is 113 cm³/mol. The van der Waals surface area contributed by atoms with Crippen LogP contribution >= 0.6 is 12.4 Å². The summed E-state index contributed by atoms with van der Waals surface area (Å²) in [5.74, 6) is 0.248. The van der Waals surface area contributed by atoms with Crippen LogP contribution in [0.15, 0.2) is 60.7 Å². The molecule has 5 heteroatoms. The number of rotatable bonds is 5. The van der Waals surface area contributed by atoms with Gasteiger partial charge in [-0.25, -0.2) is 0 Å². The van der Waals surface area contributed by atoms with Gasteiger partial charge in [0.05, 0.1) is 12.1 Å². The maximum absolute atomic E-state index is 12.5. The highest BCUT2D eigenvalue weighted by Gasteiger charge is 2.30. The average molecular weight is 388 g/mol. The van der Waals surface area contributed by atoms with Crippen LogP contribution in [-0.2, 0) is 4.79 Å². The summed E-state index contributed by atoms with van der Waals surface area (Å²) in [5.41, 5.74) is 8.64. The van der Waals surface area contributed by atoms with Gasteiger partial charge >= 0.3 is 0 Å². The molecule has 0 radical (unpaired) electrons. The third-order valence-electron chi connectivity index (χ3n) is 5.23. The third kappa shape index (κ3) is 5.10. The van der Waals surface area contributed by atoms with Crippen molar-refractivity contribution in [3.8, 4) is 0 Å². The van der Waals surface area contributed by atoms with Crippen molar-refractivity contribution in [1.29, 1.82) is 0 Å². The topological polar surface area (TPSA) is 49.6 Å². The predicted octanol–water partition coefficient (Wildman–Crippen LogP) is 3.33. The Labute approximate surface area is 168 Å². The molecule has 1 atom stereocenters. The minimum atomic E-state index is -0.402. The van der Waals surface area contributed by atoms with Crippen molar-refractivity contribution in [1.82, 2.24) is 9.80 Å². The molecular formula is C22H30ClN3O. The number of nitrogens with zero attached hydrogens (tertiary/aromatic N) is 2. The Bertz CT molecular complexity index is 661. The Balaban J connectivity index is 0.00000261. The first-order valence-corrected chi connectivity index (χ1v) is 9.46. The van der Waals surface area contributed by atoms with Crippen LogP contribution in [0.5, 0.6) is 0 Å². The zero-order chi connectivity index (χ0) is 18.5. The van der Waals surface area contributed by atoms with Crippen LogP contribution < -0.4 is 5.73 Å². The molecule has 0 unspecified atom stereocenters. The highest BCUT2D eigenvalue weighted by molar-refractivity contribution is 5.85. The molecule has 0 aromatic heterocycles. The van der Waals surface area contributed by atoms with Gasteiger partial charge in [-0.15, -0.1) is 12.4 Å². The molecule has 146 valence electrons. The molecule has 2 aromatic rings. The Morgan fingerprint density at radius 1 is 0.852 bits per heavy atom. The zero-order valence-electron chi connectivity index (χ0n) is 16.1. The van der Waals surface area contributed by atoms with E-state index in [4.69, 9.17) is 5.73 Å². The van der Waals surface area contributed by atoms with Crippen LogP contribution in [0.25, 0.3) is 0 Å². The molecule has 0 spiro atoms. The van der Waals surface area contributed by atoms with Crippen LogP contribution in [0, 0.1) is 5.92 Å². The van der Waals surface area contributed by atoms with Crippen LogP contribution in [-0.4, -0.2) is 47.9 Å². The highest BCUT2D eigenvalue weighted by Crippen LogP contribution is 2.29. The number of piperazine rings is 1. The van der Waals surface area contributed by atoms with E-state index in [2.05, 4.69) is 65.6 Å². The van der Waals surface area contributed by atoms with Gasteiger partial charge in [-0.1, -0.05) is 74.5 Å². The van der Waals surface area contributed by atoms with E-state index in [9.17, 15) is 4.79 Å². The maximum atomic E-state index is 12.5. The summed E-state index contributed by atoms with van der Waals surface area (Å²) in [7, 11) is 0. The quantitative estimate of drug-likeness (QED) is 0.856. The minimum absolute atomic E-state index is 0. The number of benzene rings is 2. The van der Waals surface area contributed by atoms with Gasteiger partial charge in [0.2, 0.25) is 5.91 Å². The molecule has 1 heterocycles. The second-order valence-electron chi connectivity index (χ2n) is 7.35. The first kappa shape index (κ1) is 21.4. The fourth-order valence-electron chi connectivity index (χ4n) is 3.58. The standard InChI is InChI=1S/C22H29N3O.ClH/c1-17(2)20(23)22(26)25-15-13-24(14-16-25)21(18-9-5-3-6-10-18)19-11-7-4-8-12-19;/h3-12,17,20-21H,13-16,23H2,1-2H3;1H/t20-;/m0./s1. The summed E-state index contributed by atoms with van der Waals surface area (Å²) in [6.07, 6.45) is 0. The van der Waals surface area contributed by atoms with Crippen LogP contribution in [0.1, 0.15) is 31.0 Å². The van der Waals surface area contributed by atoms with Crippen molar-refractivity contribution in [2.24, 2.45) is 11.7 Å². The summed E-state index contributed by atoms with van der Waals surface area (Å²) in [5, 5.41) is 0. The summed E-state index contributed by atoms with van der Waals surface area (Å²) in [4.78, 5) is 16.9. The summed E-state index contributed by atoms with van der Waals surface area (Å²) >= 11 is 0. The number of hydrogen-bond acceptors (Lipinski definition) is 3. The average Bonchev–Trinajstić information content (AvgIpc) is 2.69. The van der Waals surface area contributed by atoms with E-state index in [0.717, 1.165) is 26.2 Å². The Kier molecular flexibility index (Phi) is 7.84. The molecular weight excluding hydrogens is 358 g/mol. The largest absolute Gasteiger partial charge is 0.339 e. The summed E-state index contributed by atoms with van der Waals surface area (Å²) in [6, 6.07) is 21.0. The van der Waals surface area contributed by atoms with Crippen LogP contribution in [0.4, 0.5) is 0 Å². The number of halogens is 1. The molecule has 1 fully saturated rings. The monoisotopic (exact) mass is 387 g/mol. The van der Waals surface area contributed by atoms with Gasteiger partial charge in [-0.05, 0) is 17.0 Å². The molecule has 3 rings (SSSR count). The molecule has 2 N–H and O–H groups in total. The van der Waals surface area contributed by atoms with E-state index in [1.54, 1.807) is 0 Å². The Morgan fingerprint density at radius 2 is 1.30 bits per heavy atom. The maximum Gasteiger partial charge on any atom is 0.239 e. The molecule has 1 aliphatic rings. The van der Waals surface area contributed by atoms with Gasteiger partial charge < -0.3 is 10.6 Å².